The van der Waals surface area contributed by atoms with Crippen LogP contribution in [0.2, 0.25) is 0 Å². The molecule has 0 fully saturated rings. The van der Waals surface area contributed by atoms with E-state index < -0.39 is 0 Å². The number of hydrogen-bond acceptors (Lipinski definition) is 3. The van der Waals surface area contributed by atoms with Gasteiger partial charge in [0.25, 0.3) is 0 Å². The molecule has 1 unspecified atom stereocenters. The maximum Gasteiger partial charge on any atom is 0.107 e. The van der Waals surface area contributed by atoms with Gasteiger partial charge in [-0.05, 0) is 13.0 Å². The second-order valence-electron chi connectivity index (χ2n) is 1.82. The summed E-state index contributed by atoms with van der Waals surface area (Å²) in [4.78, 5) is 4.42. The topological polar surface area (TPSA) is 62.8 Å². The monoisotopic (exact) mass is 134 g/mol. The van der Waals surface area contributed by atoms with Gasteiger partial charge >= 0.3 is 0 Å². The first kappa shape index (κ1) is 8.84. The molecule has 0 saturated carbocycles. The number of nitrogens with two attached hydrogens (primary N) is 1. The molecule has 0 aromatic heterocycles. The highest BCUT2D eigenvalue weighted by atomic mass is 16.9. The average Bonchev–Trinajstić information content (AvgIpc) is 1.89. The third kappa shape index (κ3) is 5.72. The Hall–Kier alpha value is -0.160. The van der Waals surface area contributed by atoms with Crippen LogP contribution in [-0.2, 0) is 4.84 Å². The Bertz CT molecular complexity index is 60.9. The number of quaternary nitrogens is 1. The fraction of sp³-hybridized carbons (Fsp3) is 1.00. The maximum absolute atomic E-state index is 10.4. The van der Waals surface area contributed by atoms with E-state index in [1.165, 1.54) is 7.11 Å². The van der Waals surface area contributed by atoms with Crippen LogP contribution in [0.1, 0.15) is 12.8 Å². The molecular formula is C5H14N2O2. The number of hydrogen-bond donors (Lipinski definition) is 2. The predicted molar refractivity (Wildman–Crippen MR) is 34.5 cm³/mol. The fourth-order valence-corrected chi connectivity index (χ4v) is 0.516. The third-order valence-electron chi connectivity index (χ3n) is 1.06. The Morgan fingerprint density at radius 3 is 2.67 bits per heavy atom. The summed E-state index contributed by atoms with van der Waals surface area (Å²) in [6.07, 6.45) is 1.73. The number of hydroxylamine groups is 2. The molecule has 0 spiro atoms. The van der Waals surface area contributed by atoms with Crippen molar-refractivity contribution in [1.82, 2.24) is 0 Å². The van der Waals surface area contributed by atoms with Gasteiger partial charge in [-0.1, -0.05) is 0 Å². The zero-order valence-corrected chi connectivity index (χ0v) is 5.72. The Morgan fingerprint density at radius 1 is 1.56 bits per heavy atom. The number of unbranched alkanes of at least 4 members (excludes halogenated alkanes) is 1. The summed E-state index contributed by atoms with van der Waals surface area (Å²) < 4.78 is 0. The summed E-state index contributed by atoms with van der Waals surface area (Å²) in [6, 6.07) is 0. The van der Waals surface area contributed by atoms with E-state index in [0.717, 1.165) is 12.8 Å². The Kier molecular flexibility index (Phi) is 5.86. The third-order valence-corrected chi connectivity index (χ3v) is 1.06. The first-order chi connectivity index (χ1) is 4.31. The summed E-state index contributed by atoms with van der Waals surface area (Å²) >= 11 is 0. The number of rotatable bonds is 5. The zero-order chi connectivity index (χ0) is 7.11. The van der Waals surface area contributed by atoms with Crippen LogP contribution in [0.4, 0.5) is 0 Å². The molecule has 0 aromatic carbocycles. The van der Waals surface area contributed by atoms with Crippen molar-refractivity contribution >= 4 is 0 Å². The predicted octanol–water partition coefficient (Wildman–Crippen LogP) is -1.33. The lowest BCUT2D eigenvalue weighted by molar-refractivity contribution is -1.05. The van der Waals surface area contributed by atoms with Gasteiger partial charge in [0.2, 0.25) is 0 Å². The first-order valence-electron chi connectivity index (χ1n) is 3.08. The van der Waals surface area contributed by atoms with Crippen LogP contribution in [-0.4, -0.2) is 20.2 Å². The van der Waals surface area contributed by atoms with Crippen LogP contribution in [0.15, 0.2) is 0 Å². The van der Waals surface area contributed by atoms with Gasteiger partial charge in [-0.2, -0.15) is 0 Å². The van der Waals surface area contributed by atoms with Crippen LogP contribution in [0.3, 0.4) is 0 Å². The van der Waals surface area contributed by atoms with Crippen molar-refractivity contribution in [3.05, 3.63) is 5.21 Å². The summed E-state index contributed by atoms with van der Waals surface area (Å²) in [7, 11) is 1.39. The van der Waals surface area contributed by atoms with Gasteiger partial charge in [0.1, 0.15) is 6.54 Å². The zero-order valence-electron chi connectivity index (χ0n) is 5.72. The molecule has 0 saturated heterocycles. The van der Waals surface area contributed by atoms with Gasteiger partial charge in [0.15, 0.2) is 0 Å². The van der Waals surface area contributed by atoms with Crippen LogP contribution >= 0.6 is 0 Å². The highest BCUT2D eigenvalue weighted by molar-refractivity contribution is 4.35. The molecule has 1 atom stereocenters. The molecule has 0 aromatic rings. The van der Waals surface area contributed by atoms with E-state index in [-0.39, 0.29) is 5.23 Å². The molecule has 0 radical (unpaired) electrons. The minimum Gasteiger partial charge on any atom is -0.600 e. The van der Waals surface area contributed by atoms with Gasteiger partial charge in [-0.15, -0.1) is 0 Å². The highest BCUT2D eigenvalue weighted by Crippen LogP contribution is 1.78. The smallest absolute Gasteiger partial charge is 0.107 e. The van der Waals surface area contributed by atoms with E-state index in [1.54, 1.807) is 0 Å². The molecule has 4 heteroatoms. The van der Waals surface area contributed by atoms with Crippen molar-refractivity contribution in [2.24, 2.45) is 5.73 Å². The lowest BCUT2D eigenvalue weighted by Crippen LogP contribution is -3.05. The molecule has 0 aliphatic rings. The van der Waals surface area contributed by atoms with Crippen molar-refractivity contribution in [3.63, 3.8) is 0 Å². The molecule has 0 bridgehead atoms. The average molecular weight is 134 g/mol. The molecule has 0 rings (SSSR count). The van der Waals surface area contributed by atoms with E-state index in [2.05, 4.69) is 4.84 Å². The Morgan fingerprint density at radius 2 is 2.22 bits per heavy atom. The van der Waals surface area contributed by atoms with Gasteiger partial charge in [0, 0.05) is 6.42 Å². The largest absolute Gasteiger partial charge is 0.600 e. The van der Waals surface area contributed by atoms with Crippen LogP contribution in [0, 0.1) is 5.21 Å². The Labute approximate surface area is 55.1 Å². The first-order valence-corrected chi connectivity index (χ1v) is 3.08. The van der Waals surface area contributed by atoms with Crippen molar-refractivity contribution in [1.29, 1.82) is 0 Å². The molecule has 0 aliphatic carbocycles. The summed E-state index contributed by atoms with van der Waals surface area (Å²) in [5.41, 5.74) is 5.20. The van der Waals surface area contributed by atoms with Crippen molar-refractivity contribution in [3.8, 4) is 0 Å². The molecule has 3 N–H and O–H groups in total. The van der Waals surface area contributed by atoms with E-state index in [0.29, 0.717) is 13.1 Å². The van der Waals surface area contributed by atoms with E-state index in [1.807, 2.05) is 0 Å². The summed E-state index contributed by atoms with van der Waals surface area (Å²) in [5, 5.41) is 10.3. The van der Waals surface area contributed by atoms with Crippen molar-refractivity contribution in [2.75, 3.05) is 20.2 Å². The van der Waals surface area contributed by atoms with E-state index >= 15 is 0 Å². The fourth-order valence-electron chi connectivity index (χ4n) is 0.516. The maximum atomic E-state index is 10.4. The van der Waals surface area contributed by atoms with E-state index in [9.17, 15) is 5.21 Å². The SMILES string of the molecule is CO[NH+]([O-])CCCCN. The molecule has 0 amide bonds. The normalized spacial score (nSPS) is 13.7. The summed E-state index contributed by atoms with van der Waals surface area (Å²) in [5.74, 6) is 0. The van der Waals surface area contributed by atoms with E-state index in [4.69, 9.17) is 5.73 Å². The van der Waals surface area contributed by atoms with Crippen LogP contribution in [0.25, 0.3) is 0 Å². The van der Waals surface area contributed by atoms with Gasteiger partial charge in [-0.25, -0.2) is 10.1 Å². The summed E-state index contributed by atoms with van der Waals surface area (Å²) in [6.45, 7) is 1.14. The second kappa shape index (κ2) is 5.97. The van der Waals surface area contributed by atoms with Gasteiger partial charge < -0.3 is 10.9 Å². The number of nitrogens with one attached hydrogen (secondary N) is 1. The van der Waals surface area contributed by atoms with Gasteiger partial charge in [-0.3, -0.25) is 0 Å². The van der Waals surface area contributed by atoms with Crippen LogP contribution in [0.5, 0.6) is 0 Å². The highest BCUT2D eigenvalue weighted by Gasteiger charge is 1.91. The molecule has 0 aliphatic heterocycles. The van der Waals surface area contributed by atoms with Gasteiger partial charge in [0.05, 0.1) is 7.11 Å². The molecule has 0 heterocycles. The molecule has 9 heavy (non-hydrogen) atoms. The quantitative estimate of drug-likeness (QED) is 0.362. The molecule has 56 valence electrons. The van der Waals surface area contributed by atoms with Crippen molar-refractivity contribution < 1.29 is 10.1 Å². The van der Waals surface area contributed by atoms with Crippen LogP contribution < -0.4 is 11.0 Å². The molecule has 4 nitrogen and oxygen atoms in total. The van der Waals surface area contributed by atoms with Crippen molar-refractivity contribution in [2.45, 2.75) is 12.8 Å². The Balaban J connectivity index is 2.88. The minimum atomic E-state index is -0.150. The lowest BCUT2D eigenvalue weighted by Gasteiger charge is -2.16. The standard InChI is InChI=1S/C5H14N2O2/c1-9-7(8)5-3-2-4-6/h7H,2-6H2,1H3. The minimum absolute atomic E-state index is 0.150. The lowest BCUT2D eigenvalue weighted by atomic mass is 10.3. The molecular weight excluding hydrogens is 120 g/mol. The second-order valence-corrected chi connectivity index (χ2v) is 1.82.